The first kappa shape index (κ1) is 9.93. The first-order chi connectivity index (χ1) is 6.81. The predicted octanol–water partition coefficient (Wildman–Crippen LogP) is 1.80. The van der Waals surface area contributed by atoms with Crippen LogP contribution in [-0.2, 0) is 0 Å². The minimum Gasteiger partial charge on any atom is -0.395 e. The van der Waals surface area contributed by atoms with Crippen LogP contribution < -0.4 is 4.90 Å². The van der Waals surface area contributed by atoms with Gasteiger partial charge in [-0.3, -0.25) is 0 Å². The SMILES string of the molecule is Cc1csc(N(CCO)C2CCC2)n1. The van der Waals surface area contributed by atoms with Gasteiger partial charge in [-0.15, -0.1) is 11.3 Å². The molecule has 1 aromatic rings. The molecule has 0 amide bonds. The second-order valence-electron chi connectivity index (χ2n) is 3.77. The number of aliphatic hydroxyl groups excluding tert-OH is 1. The highest BCUT2D eigenvalue weighted by Gasteiger charge is 2.26. The molecule has 1 fully saturated rings. The second-order valence-corrected chi connectivity index (χ2v) is 4.61. The maximum Gasteiger partial charge on any atom is 0.185 e. The van der Waals surface area contributed by atoms with Gasteiger partial charge >= 0.3 is 0 Å². The van der Waals surface area contributed by atoms with Crippen LogP contribution in [0.5, 0.6) is 0 Å². The van der Waals surface area contributed by atoms with Crippen molar-refractivity contribution in [2.75, 3.05) is 18.1 Å². The van der Waals surface area contributed by atoms with E-state index in [0.717, 1.165) is 17.4 Å². The van der Waals surface area contributed by atoms with Crippen LogP contribution in [0.4, 0.5) is 5.13 Å². The average molecular weight is 212 g/mol. The molecule has 1 aromatic heterocycles. The smallest absolute Gasteiger partial charge is 0.185 e. The lowest BCUT2D eigenvalue weighted by Gasteiger charge is -2.37. The van der Waals surface area contributed by atoms with E-state index >= 15 is 0 Å². The Labute approximate surface area is 88.4 Å². The van der Waals surface area contributed by atoms with Crippen LogP contribution in [0.15, 0.2) is 5.38 Å². The molecule has 1 aliphatic rings. The van der Waals surface area contributed by atoms with Gasteiger partial charge in [0.25, 0.3) is 0 Å². The van der Waals surface area contributed by atoms with Gasteiger partial charge in [0.2, 0.25) is 0 Å². The average Bonchev–Trinajstić information content (AvgIpc) is 2.48. The van der Waals surface area contributed by atoms with Gasteiger partial charge in [-0.1, -0.05) is 0 Å². The molecule has 0 radical (unpaired) electrons. The van der Waals surface area contributed by atoms with E-state index < -0.39 is 0 Å². The molecule has 0 bridgehead atoms. The summed E-state index contributed by atoms with van der Waals surface area (Å²) in [6, 6.07) is 0.618. The summed E-state index contributed by atoms with van der Waals surface area (Å²) in [6.45, 7) is 2.95. The number of thiazole rings is 1. The Balaban J connectivity index is 2.09. The van der Waals surface area contributed by atoms with Crippen molar-refractivity contribution in [3.8, 4) is 0 Å². The first-order valence-corrected chi connectivity index (χ1v) is 5.99. The number of hydrogen-bond acceptors (Lipinski definition) is 4. The zero-order valence-corrected chi connectivity index (χ0v) is 9.26. The van der Waals surface area contributed by atoms with E-state index in [1.807, 2.05) is 6.92 Å². The lowest BCUT2D eigenvalue weighted by atomic mass is 9.92. The highest BCUT2D eigenvalue weighted by molar-refractivity contribution is 7.13. The molecule has 0 spiro atoms. The maximum absolute atomic E-state index is 9.01. The topological polar surface area (TPSA) is 36.4 Å². The summed E-state index contributed by atoms with van der Waals surface area (Å²) in [7, 11) is 0. The summed E-state index contributed by atoms with van der Waals surface area (Å²) in [6.07, 6.45) is 3.81. The van der Waals surface area contributed by atoms with Gasteiger partial charge < -0.3 is 10.0 Å². The summed E-state index contributed by atoms with van der Waals surface area (Å²) < 4.78 is 0. The number of anilines is 1. The Morgan fingerprint density at radius 3 is 2.86 bits per heavy atom. The van der Waals surface area contributed by atoms with Crippen molar-refractivity contribution < 1.29 is 5.11 Å². The largest absolute Gasteiger partial charge is 0.395 e. The molecule has 0 aliphatic heterocycles. The van der Waals surface area contributed by atoms with Crippen molar-refractivity contribution in [3.63, 3.8) is 0 Å². The number of rotatable bonds is 4. The highest BCUT2D eigenvalue weighted by Crippen LogP contribution is 2.31. The van der Waals surface area contributed by atoms with Crippen molar-refractivity contribution >= 4 is 16.5 Å². The van der Waals surface area contributed by atoms with Gasteiger partial charge in [0.05, 0.1) is 12.3 Å². The van der Waals surface area contributed by atoms with Crippen LogP contribution in [0, 0.1) is 6.92 Å². The van der Waals surface area contributed by atoms with Crippen LogP contribution in [0.2, 0.25) is 0 Å². The number of nitrogens with zero attached hydrogens (tertiary/aromatic N) is 2. The zero-order chi connectivity index (χ0) is 9.97. The number of aromatic nitrogens is 1. The summed E-state index contributed by atoms with van der Waals surface area (Å²) in [4.78, 5) is 6.72. The third-order valence-electron chi connectivity index (χ3n) is 2.71. The minimum atomic E-state index is 0.217. The third kappa shape index (κ3) is 1.91. The molecule has 0 saturated heterocycles. The molecule has 1 aliphatic carbocycles. The van der Waals surface area contributed by atoms with Gasteiger partial charge in [-0.2, -0.15) is 0 Å². The highest BCUT2D eigenvalue weighted by atomic mass is 32.1. The second kappa shape index (κ2) is 4.28. The van der Waals surface area contributed by atoms with Gasteiger partial charge in [-0.25, -0.2) is 4.98 Å². The molecular weight excluding hydrogens is 196 g/mol. The van der Waals surface area contributed by atoms with E-state index in [1.54, 1.807) is 11.3 Å². The quantitative estimate of drug-likeness (QED) is 0.827. The fourth-order valence-electron chi connectivity index (χ4n) is 1.71. The molecule has 4 heteroatoms. The van der Waals surface area contributed by atoms with Gasteiger partial charge in [-0.05, 0) is 26.2 Å². The minimum absolute atomic E-state index is 0.217. The van der Waals surface area contributed by atoms with E-state index in [0.29, 0.717) is 6.04 Å². The van der Waals surface area contributed by atoms with Crippen molar-refractivity contribution in [1.82, 2.24) is 4.98 Å². The fourth-order valence-corrected chi connectivity index (χ4v) is 2.62. The van der Waals surface area contributed by atoms with E-state index in [-0.39, 0.29) is 6.61 Å². The summed E-state index contributed by atoms with van der Waals surface area (Å²) >= 11 is 1.68. The molecule has 0 unspecified atom stereocenters. The Bertz CT molecular complexity index is 296. The van der Waals surface area contributed by atoms with Crippen molar-refractivity contribution in [2.24, 2.45) is 0 Å². The van der Waals surface area contributed by atoms with E-state index in [4.69, 9.17) is 5.11 Å². The lowest BCUT2D eigenvalue weighted by molar-refractivity contribution is 0.283. The molecule has 78 valence electrons. The fraction of sp³-hybridized carbons (Fsp3) is 0.700. The molecule has 1 heterocycles. The van der Waals surface area contributed by atoms with Crippen LogP contribution in [0.25, 0.3) is 0 Å². The monoisotopic (exact) mass is 212 g/mol. The van der Waals surface area contributed by atoms with E-state index in [1.165, 1.54) is 19.3 Å². The Hall–Kier alpha value is -0.610. The maximum atomic E-state index is 9.01. The molecule has 0 atom stereocenters. The molecule has 0 aromatic carbocycles. The van der Waals surface area contributed by atoms with Crippen LogP contribution in [-0.4, -0.2) is 29.3 Å². The first-order valence-electron chi connectivity index (χ1n) is 5.11. The normalized spacial score (nSPS) is 16.7. The van der Waals surface area contributed by atoms with Gasteiger partial charge in [0, 0.05) is 18.0 Å². The molecular formula is C10H16N2OS. The standard InChI is InChI=1S/C10H16N2OS/c1-8-7-14-10(11-8)12(5-6-13)9-3-2-4-9/h7,9,13H,2-6H2,1H3. The van der Waals surface area contributed by atoms with Crippen LogP contribution >= 0.6 is 11.3 Å². The van der Waals surface area contributed by atoms with Crippen molar-refractivity contribution in [1.29, 1.82) is 0 Å². The van der Waals surface area contributed by atoms with Crippen LogP contribution in [0.3, 0.4) is 0 Å². The van der Waals surface area contributed by atoms with Gasteiger partial charge in [0.15, 0.2) is 5.13 Å². The van der Waals surface area contributed by atoms with Crippen molar-refractivity contribution in [3.05, 3.63) is 11.1 Å². The Kier molecular flexibility index (Phi) is 3.03. The zero-order valence-electron chi connectivity index (χ0n) is 8.44. The van der Waals surface area contributed by atoms with E-state index in [9.17, 15) is 0 Å². The lowest BCUT2D eigenvalue weighted by Crippen LogP contribution is -2.41. The Morgan fingerprint density at radius 2 is 2.43 bits per heavy atom. The molecule has 3 nitrogen and oxygen atoms in total. The summed E-state index contributed by atoms with van der Waals surface area (Å²) in [5.41, 5.74) is 1.08. The Morgan fingerprint density at radius 1 is 1.64 bits per heavy atom. The van der Waals surface area contributed by atoms with E-state index in [2.05, 4.69) is 15.3 Å². The molecule has 1 N–H and O–H groups in total. The molecule has 2 rings (SSSR count). The van der Waals surface area contributed by atoms with Crippen LogP contribution in [0.1, 0.15) is 25.0 Å². The number of hydrogen-bond donors (Lipinski definition) is 1. The molecule has 1 saturated carbocycles. The summed E-state index contributed by atoms with van der Waals surface area (Å²) in [5, 5.41) is 12.1. The molecule has 14 heavy (non-hydrogen) atoms. The summed E-state index contributed by atoms with van der Waals surface area (Å²) in [5.74, 6) is 0. The third-order valence-corrected chi connectivity index (χ3v) is 3.70. The number of aliphatic hydroxyl groups is 1. The predicted molar refractivity (Wildman–Crippen MR) is 58.9 cm³/mol. The van der Waals surface area contributed by atoms with Crippen molar-refractivity contribution in [2.45, 2.75) is 32.2 Å². The van der Waals surface area contributed by atoms with Gasteiger partial charge in [0.1, 0.15) is 0 Å². The number of aryl methyl sites for hydroxylation is 1.